The van der Waals surface area contributed by atoms with Gasteiger partial charge in [0, 0.05) is 29.8 Å². The van der Waals surface area contributed by atoms with Crippen LogP contribution in [0.15, 0.2) is 59.8 Å². The lowest BCUT2D eigenvalue weighted by atomic mass is 10.1. The van der Waals surface area contributed by atoms with Crippen LogP contribution in [0.4, 0.5) is 0 Å². The van der Waals surface area contributed by atoms with Crippen LogP contribution in [-0.2, 0) is 0 Å². The molecule has 0 saturated carbocycles. The fourth-order valence-corrected chi connectivity index (χ4v) is 2.39. The normalized spacial score (nSPS) is 11.2. The number of aromatic nitrogens is 4. The minimum atomic E-state index is -0.130. The number of rotatable bonds is 1. The maximum Gasteiger partial charge on any atom is 0.258 e. The molecule has 2 aromatic heterocycles. The molecule has 0 radical (unpaired) electrons. The molecule has 20 heavy (non-hydrogen) atoms. The predicted octanol–water partition coefficient (Wildman–Crippen LogP) is 2.19. The molecule has 96 valence electrons. The zero-order valence-corrected chi connectivity index (χ0v) is 10.4. The van der Waals surface area contributed by atoms with Crippen LogP contribution in [0.5, 0.6) is 0 Å². The molecule has 1 N–H and O–H groups in total. The summed E-state index contributed by atoms with van der Waals surface area (Å²) in [6, 6.07) is 11.4. The second-order valence-electron chi connectivity index (χ2n) is 4.52. The Morgan fingerprint density at radius 2 is 2.00 bits per heavy atom. The smallest absolute Gasteiger partial charge is 0.258 e. The van der Waals surface area contributed by atoms with Crippen molar-refractivity contribution in [1.29, 1.82) is 0 Å². The Morgan fingerprint density at radius 3 is 2.90 bits per heavy atom. The van der Waals surface area contributed by atoms with Gasteiger partial charge in [-0.2, -0.15) is 0 Å². The van der Waals surface area contributed by atoms with E-state index < -0.39 is 0 Å². The van der Waals surface area contributed by atoms with Crippen molar-refractivity contribution in [2.24, 2.45) is 0 Å². The summed E-state index contributed by atoms with van der Waals surface area (Å²) >= 11 is 0. The van der Waals surface area contributed by atoms with Gasteiger partial charge in [0.1, 0.15) is 0 Å². The lowest BCUT2D eigenvalue weighted by Gasteiger charge is -1.94. The van der Waals surface area contributed by atoms with Gasteiger partial charge in [-0.1, -0.05) is 24.3 Å². The van der Waals surface area contributed by atoms with E-state index >= 15 is 0 Å². The molecule has 0 fully saturated rings. The summed E-state index contributed by atoms with van der Waals surface area (Å²) in [5.41, 5.74) is 2.76. The third-order valence-corrected chi connectivity index (χ3v) is 3.27. The highest BCUT2D eigenvalue weighted by Gasteiger charge is 2.18. The van der Waals surface area contributed by atoms with Gasteiger partial charge in [-0.3, -0.25) is 9.20 Å². The van der Waals surface area contributed by atoms with Crippen LogP contribution in [0.2, 0.25) is 0 Å². The van der Waals surface area contributed by atoms with Crippen molar-refractivity contribution in [1.82, 2.24) is 19.4 Å². The summed E-state index contributed by atoms with van der Waals surface area (Å²) in [5.74, 6) is 0.580. The maximum atomic E-state index is 12.2. The lowest BCUT2D eigenvalue weighted by molar-refractivity contribution is 1.11. The molecule has 5 heteroatoms. The molecule has 0 unspecified atom stereocenters. The van der Waals surface area contributed by atoms with Crippen LogP contribution in [0.3, 0.4) is 0 Å². The highest BCUT2D eigenvalue weighted by atomic mass is 16.1. The number of imidazole rings is 1. The first-order chi connectivity index (χ1) is 9.83. The average molecular weight is 262 g/mol. The molecule has 1 aliphatic heterocycles. The van der Waals surface area contributed by atoms with Crippen molar-refractivity contribution in [3.8, 4) is 22.5 Å². The minimum absolute atomic E-state index is 0.130. The molecule has 0 spiro atoms. The van der Waals surface area contributed by atoms with E-state index in [1.165, 1.54) is 0 Å². The number of hydrogen-bond acceptors (Lipinski definition) is 3. The van der Waals surface area contributed by atoms with Crippen LogP contribution in [0, 0.1) is 0 Å². The Balaban J connectivity index is 2.04. The number of H-pyrrole nitrogens is 1. The SMILES string of the molecule is O=c1[nH]c2cccccc-2c1-c1cn2cccnc2n1. The Morgan fingerprint density at radius 1 is 1.10 bits per heavy atom. The van der Waals surface area contributed by atoms with E-state index in [2.05, 4.69) is 15.0 Å². The Bertz CT molecular complexity index is 905. The van der Waals surface area contributed by atoms with E-state index in [4.69, 9.17) is 0 Å². The molecule has 1 aliphatic carbocycles. The first kappa shape index (κ1) is 10.9. The molecule has 4 rings (SSSR count). The highest BCUT2D eigenvalue weighted by molar-refractivity contribution is 5.81. The van der Waals surface area contributed by atoms with Crippen molar-refractivity contribution in [2.75, 3.05) is 0 Å². The molecule has 5 nitrogen and oxygen atoms in total. The Hall–Kier alpha value is -2.95. The minimum Gasteiger partial charge on any atom is -0.321 e. The van der Waals surface area contributed by atoms with Crippen molar-refractivity contribution in [2.45, 2.75) is 0 Å². The van der Waals surface area contributed by atoms with Crippen LogP contribution in [0.1, 0.15) is 0 Å². The average Bonchev–Trinajstić information content (AvgIpc) is 2.92. The largest absolute Gasteiger partial charge is 0.321 e. The summed E-state index contributed by atoms with van der Waals surface area (Å²) in [5, 5.41) is 0. The van der Waals surface area contributed by atoms with Gasteiger partial charge in [-0.05, 0) is 12.1 Å². The highest BCUT2D eigenvalue weighted by Crippen LogP contribution is 2.28. The van der Waals surface area contributed by atoms with Crippen LogP contribution >= 0.6 is 0 Å². The standard InChI is InChI=1S/C15H10N4O/c20-14-13(10-5-2-1-3-6-11(10)17-14)12-9-19-8-4-7-16-15(19)18-12/h1-9H,(H,17,20). The van der Waals surface area contributed by atoms with Gasteiger partial charge in [0.05, 0.1) is 11.3 Å². The van der Waals surface area contributed by atoms with E-state index in [0.717, 1.165) is 11.3 Å². The summed E-state index contributed by atoms with van der Waals surface area (Å²) in [6.45, 7) is 0. The van der Waals surface area contributed by atoms with Gasteiger partial charge in [0.25, 0.3) is 5.56 Å². The zero-order chi connectivity index (χ0) is 13.5. The molecular weight excluding hydrogens is 252 g/mol. The molecule has 3 heterocycles. The van der Waals surface area contributed by atoms with Crippen LogP contribution in [-0.4, -0.2) is 19.4 Å². The van der Waals surface area contributed by atoms with E-state index in [9.17, 15) is 4.79 Å². The van der Waals surface area contributed by atoms with Crippen molar-refractivity contribution < 1.29 is 0 Å². The molecule has 0 saturated heterocycles. The lowest BCUT2D eigenvalue weighted by Crippen LogP contribution is -2.00. The first-order valence-corrected chi connectivity index (χ1v) is 6.24. The number of nitrogens with zero attached hydrogens (tertiary/aromatic N) is 3. The first-order valence-electron chi connectivity index (χ1n) is 6.24. The topological polar surface area (TPSA) is 63.0 Å². The van der Waals surface area contributed by atoms with Gasteiger partial charge in [-0.25, -0.2) is 9.97 Å². The molecule has 2 aliphatic rings. The molecule has 0 atom stereocenters. The van der Waals surface area contributed by atoms with Crippen LogP contribution < -0.4 is 5.56 Å². The number of fused-ring (bicyclic) bond motifs is 2. The van der Waals surface area contributed by atoms with Crippen molar-refractivity contribution in [3.63, 3.8) is 0 Å². The second kappa shape index (κ2) is 4.03. The maximum absolute atomic E-state index is 12.2. The quantitative estimate of drug-likeness (QED) is 0.572. The van der Waals surface area contributed by atoms with Crippen molar-refractivity contribution in [3.05, 3.63) is 65.3 Å². The molecule has 2 aromatic rings. The fourth-order valence-electron chi connectivity index (χ4n) is 2.39. The van der Waals surface area contributed by atoms with Crippen molar-refractivity contribution >= 4 is 5.78 Å². The second-order valence-corrected chi connectivity index (χ2v) is 4.52. The summed E-state index contributed by atoms with van der Waals surface area (Å²) in [7, 11) is 0. The third-order valence-electron chi connectivity index (χ3n) is 3.27. The monoisotopic (exact) mass is 262 g/mol. The number of hydrogen-bond donors (Lipinski definition) is 1. The summed E-state index contributed by atoms with van der Waals surface area (Å²) in [6.07, 6.45) is 5.36. The predicted molar refractivity (Wildman–Crippen MR) is 75.7 cm³/mol. The zero-order valence-electron chi connectivity index (χ0n) is 10.4. The van der Waals surface area contributed by atoms with Gasteiger partial charge >= 0.3 is 0 Å². The Labute approximate surface area is 113 Å². The van der Waals surface area contributed by atoms with Gasteiger partial charge in [0.2, 0.25) is 5.78 Å². The van der Waals surface area contributed by atoms with E-state index in [-0.39, 0.29) is 5.56 Å². The van der Waals surface area contributed by atoms with Gasteiger partial charge in [-0.15, -0.1) is 0 Å². The van der Waals surface area contributed by atoms with E-state index in [1.807, 2.05) is 48.8 Å². The molecule has 0 aromatic carbocycles. The van der Waals surface area contributed by atoms with Gasteiger partial charge in [0.15, 0.2) is 0 Å². The molecular formula is C15H10N4O. The Kier molecular flexibility index (Phi) is 2.20. The summed E-state index contributed by atoms with van der Waals surface area (Å²) in [4.78, 5) is 23.6. The summed E-state index contributed by atoms with van der Waals surface area (Å²) < 4.78 is 1.80. The van der Waals surface area contributed by atoms with E-state index in [0.29, 0.717) is 17.0 Å². The van der Waals surface area contributed by atoms with E-state index in [1.54, 1.807) is 10.6 Å². The molecule has 0 amide bonds. The fraction of sp³-hybridized carbons (Fsp3) is 0. The molecule has 0 bridgehead atoms. The number of aromatic amines is 1. The number of nitrogens with one attached hydrogen (secondary N) is 1. The van der Waals surface area contributed by atoms with Crippen LogP contribution in [0.25, 0.3) is 28.3 Å². The third kappa shape index (κ3) is 1.53. The van der Waals surface area contributed by atoms with Gasteiger partial charge < -0.3 is 4.98 Å².